The van der Waals surface area contributed by atoms with E-state index >= 15 is 0 Å². The predicted octanol–water partition coefficient (Wildman–Crippen LogP) is 4.42. The minimum atomic E-state index is 0.600. The van der Waals surface area contributed by atoms with E-state index in [1.807, 2.05) is 12.1 Å². The Bertz CT molecular complexity index is 580. The van der Waals surface area contributed by atoms with Crippen LogP contribution in [-0.4, -0.2) is 13.1 Å². The van der Waals surface area contributed by atoms with Gasteiger partial charge in [0.2, 0.25) is 0 Å². The molecule has 1 aliphatic rings. The molecule has 20 heavy (non-hydrogen) atoms. The quantitative estimate of drug-likeness (QED) is 0.826. The number of hydrogen-bond acceptors (Lipinski definition) is 2. The lowest BCUT2D eigenvalue weighted by atomic mass is 9.90. The molecule has 0 bridgehead atoms. The largest absolute Gasteiger partial charge is 0.399 e. The number of piperidine rings is 1. The molecule has 0 radical (unpaired) electrons. The molecular weight excluding hydrogens is 312 g/mol. The van der Waals surface area contributed by atoms with E-state index in [-0.39, 0.29) is 0 Å². The molecule has 3 rings (SSSR count). The number of hydrogen-bond donors (Lipinski definition) is 1. The first-order valence-electron chi connectivity index (χ1n) is 7.08. The lowest BCUT2D eigenvalue weighted by Gasteiger charge is -2.34. The Morgan fingerprint density at radius 1 is 1.10 bits per heavy atom. The Labute approximate surface area is 128 Å². The van der Waals surface area contributed by atoms with Gasteiger partial charge in [0.25, 0.3) is 0 Å². The first-order chi connectivity index (χ1) is 9.72. The van der Waals surface area contributed by atoms with Gasteiger partial charge in [0.05, 0.1) is 0 Å². The van der Waals surface area contributed by atoms with E-state index in [0.717, 1.165) is 23.2 Å². The van der Waals surface area contributed by atoms with E-state index < -0.39 is 0 Å². The molecule has 2 aromatic carbocycles. The Morgan fingerprint density at radius 3 is 2.65 bits per heavy atom. The average molecular weight is 331 g/mol. The molecule has 2 nitrogen and oxygen atoms in total. The summed E-state index contributed by atoms with van der Waals surface area (Å²) >= 11 is 3.56. The van der Waals surface area contributed by atoms with Crippen molar-refractivity contribution in [3.8, 4) is 0 Å². The standard InChI is InChI=1S/C17H19BrN2/c18-15-4-1-5-17(11-15)20-10-2-3-14(12-20)13-6-8-16(19)9-7-13/h1,4-9,11,14H,2-3,10,12,19H2. The van der Waals surface area contributed by atoms with Crippen LogP contribution in [0.4, 0.5) is 11.4 Å². The summed E-state index contributed by atoms with van der Waals surface area (Å²) in [6.07, 6.45) is 2.50. The van der Waals surface area contributed by atoms with Gasteiger partial charge in [-0.15, -0.1) is 0 Å². The summed E-state index contributed by atoms with van der Waals surface area (Å²) in [7, 11) is 0. The van der Waals surface area contributed by atoms with E-state index in [1.54, 1.807) is 0 Å². The molecule has 0 aromatic heterocycles. The van der Waals surface area contributed by atoms with Crippen LogP contribution in [0.2, 0.25) is 0 Å². The van der Waals surface area contributed by atoms with Gasteiger partial charge in [-0.25, -0.2) is 0 Å². The molecule has 0 saturated carbocycles. The van der Waals surface area contributed by atoms with Crippen molar-refractivity contribution < 1.29 is 0 Å². The van der Waals surface area contributed by atoms with E-state index in [9.17, 15) is 0 Å². The molecule has 1 saturated heterocycles. The van der Waals surface area contributed by atoms with Crippen molar-refractivity contribution >= 4 is 27.3 Å². The lowest BCUT2D eigenvalue weighted by Crippen LogP contribution is -2.34. The molecule has 1 unspecified atom stereocenters. The van der Waals surface area contributed by atoms with Gasteiger partial charge in [-0.2, -0.15) is 0 Å². The normalized spacial score (nSPS) is 19.1. The Morgan fingerprint density at radius 2 is 1.90 bits per heavy atom. The molecule has 1 aliphatic heterocycles. The number of rotatable bonds is 2. The van der Waals surface area contributed by atoms with Crippen LogP contribution in [0, 0.1) is 0 Å². The second-order valence-corrected chi connectivity index (χ2v) is 6.35. The minimum Gasteiger partial charge on any atom is -0.399 e. The summed E-state index contributed by atoms with van der Waals surface area (Å²) in [4.78, 5) is 2.48. The molecule has 3 heteroatoms. The highest BCUT2D eigenvalue weighted by Gasteiger charge is 2.21. The molecule has 0 amide bonds. The Kier molecular flexibility index (Phi) is 3.97. The highest BCUT2D eigenvalue weighted by Crippen LogP contribution is 2.31. The molecule has 2 N–H and O–H groups in total. The van der Waals surface area contributed by atoms with Gasteiger partial charge in [-0.05, 0) is 48.7 Å². The molecule has 0 aliphatic carbocycles. The highest BCUT2D eigenvalue weighted by atomic mass is 79.9. The molecule has 2 aromatic rings. The summed E-state index contributed by atoms with van der Waals surface area (Å²) in [5.41, 5.74) is 9.32. The second-order valence-electron chi connectivity index (χ2n) is 5.43. The topological polar surface area (TPSA) is 29.3 Å². The van der Waals surface area contributed by atoms with Crippen molar-refractivity contribution in [1.29, 1.82) is 0 Å². The number of anilines is 2. The maximum atomic E-state index is 5.78. The van der Waals surface area contributed by atoms with Gasteiger partial charge in [-0.1, -0.05) is 34.1 Å². The number of nitrogens with zero attached hydrogens (tertiary/aromatic N) is 1. The summed E-state index contributed by atoms with van der Waals surface area (Å²) < 4.78 is 1.14. The van der Waals surface area contributed by atoms with Crippen LogP contribution in [0.1, 0.15) is 24.3 Å². The predicted molar refractivity (Wildman–Crippen MR) is 89.2 cm³/mol. The zero-order valence-electron chi connectivity index (χ0n) is 11.4. The van der Waals surface area contributed by atoms with E-state index in [4.69, 9.17) is 5.73 Å². The average Bonchev–Trinajstić information content (AvgIpc) is 2.48. The van der Waals surface area contributed by atoms with Gasteiger partial charge in [0.1, 0.15) is 0 Å². The van der Waals surface area contributed by atoms with Crippen molar-refractivity contribution in [2.45, 2.75) is 18.8 Å². The highest BCUT2D eigenvalue weighted by molar-refractivity contribution is 9.10. The number of nitrogen functional groups attached to an aromatic ring is 1. The van der Waals surface area contributed by atoms with Crippen LogP contribution in [0.15, 0.2) is 53.0 Å². The molecule has 0 spiro atoms. The fourth-order valence-corrected chi connectivity index (χ4v) is 3.31. The van der Waals surface area contributed by atoms with Crippen molar-refractivity contribution in [3.05, 3.63) is 58.6 Å². The number of nitrogens with two attached hydrogens (primary N) is 1. The van der Waals surface area contributed by atoms with Crippen LogP contribution < -0.4 is 10.6 Å². The van der Waals surface area contributed by atoms with Crippen molar-refractivity contribution in [2.75, 3.05) is 23.7 Å². The van der Waals surface area contributed by atoms with E-state index in [2.05, 4.69) is 57.2 Å². The van der Waals surface area contributed by atoms with Crippen LogP contribution >= 0.6 is 15.9 Å². The summed E-state index contributed by atoms with van der Waals surface area (Å²) in [5, 5.41) is 0. The lowest BCUT2D eigenvalue weighted by molar-refractivity contribution is 0.510. The van der Waals surface area contributed by atoms with Crippen LogP contribution in [-0.2, 0) is 0 Å². The van der Waals surface area contributed by atoms with Gasteiger partial charge in [-0.3, -0.25) is 0 Å². The smallest absolute Gasteiger partial charge is 0.0377 e. The molecule has 1 heterocycles. The minimum absolute atomic E-state index is 0.600. The van der Waals surface area contributed by atoms with Crippen molar-refractivity contribution in [2.24, 2.45) is 0 Å². The fraction of sp³-hybridized carbons (Fsp3) is 0.294. The fourth-order valence-electron chi connectivity index (χ4n) is 2.92. The Balaban J connectivity index is 1.78. The first kappa shape index (κ1) is 13.5. The first-order valence-corrected chi connectivity index (χ1v) is 7.87. The van der Waals surface area contributed by atoms with Gasteiger partial charge < -0.3 is 10.6 Å². The van der Waals surface area contributed by atoms with Gasteiger partial charge in [0.15, 0.2) is 0 Å². The Hall–Kier alpha value is -1.48. The van der Waals surface area contributed by atoms with Gasteiger partial charge >= 0.3 is 0 Å². The maximum absolute atomic E-state index is 5.78. The molecule has 1 atom stereocenters. The molecule has 1 fully saturated rings. The summed E-state index contributed by atoms with van der Waals surface area (Å²) in [6, 6.07) is 16.9. The third-order valence-electron chi connectivity index (χ3n) is 4.00. The third kappa shape index (κ3) is 2.98. The van der Waals surface area contributed by atoms with Crippen LogP contribution in [0.5, 0.6) is 0 Å². The van der Waals surface area contributed by atoms with E-state index in [1.165, 1.54) is 24.1 Å². The summed E-state index contributed by atoms with van der Waals surface area (Å²) in [5.74, 6) is 0.600. The monoisotopic (exact) mass is 330 g/mol. The van der Waals surface area contributed by atoms with Crippen LogP contribution in [0.3, 0.4) is 0 Å². The van der Waals surface area contributed by atoms with Crippen molar-refractivity contribution in [1.82, 2.24) is 0 Å². The number of benzene rings is 2. The zero-order valence-corrected chi connectivity index (χ0v) is 13.0. The third-order valence-corrected chi connectivity index (χ3v) is 4.50. The summed E-state index contributed by atoms with van der Waals surface area (Å²) in [6.45, 7) is 2.22. The SMILES string of the molecule is Nc1ccc(C2CCCN(c3cccc(Br)c3)C2)cc1. The molecular formula is C17H19BrN2. The number of halogens is 1. The van der Waals surface area contributed by atoms with E-state index in [0.29, 0.717) is 5.92 Å². The van der Waals surface area contributed by atoms with Crippen LogP contribution in [0.25, 0.3) is 0 Å². The zero-order chi connectivity index (χ0) is 13.9. The van der Waals surface area contributed by atoms with Gasteiger partial charge in [0, 0.05) is 34.9 Å². The maximum Gasteiger partial charge on any atom is 0.0377 e. The van der Waals surface area contributed by atoms with Crippen molar-refractivity contribution in [3.63, 3.8) is 0 Å². The second kappa shape index (κ2) is 5.88. The molecule has 104 valence electrons.